The number of rotatable bonds is 8. The molecule has 0 amide bonds. The van der Waals surface area contributed by atoms with E-state index in [-0.39, 0.29) is 11.3 Å². The minimum atomic E-state index is -0.507. The van der Waals surface area contributed by atoms with Gasteiger partial charge in [0.1, 0.15) is 0 Å². The maximum atomic E-state index is 11.3. The van der Waals surface area contributed by atoms with Crippen LogP contribution < -0.4 is 14.9 Å². The van der Waals surface area contributed by atoms with Crippen LogP contribution in [-0.4, -0.2) is 24.9 Å². The summed E-state index contributed by atoms with van der Waals surface area (Å²) in [6, 6.07) is 7.73. The van der Waals surface area contributed by atoms with Crippen LogP contribution in [0.2, 0.25) is 10.0 Å². The van der Waals surface area contributed by atoms with Crippen LogP contribution in [0.15, 0.2) is 35.4 Å². The van der Waals surface area contributed by atoms with Crippen LogP contribution in [0.25, 0.3) is 0 Å². The predicted octanol–water partition coefficient (Wildman–Crippen LogP) is 5.15. The first-order valence-electron chi connectivity index (χ1n) is 7.69. The Morgan fingerprint density at radius 2 is 2.00 bits per heavy atom. The van der Waals surface area contributed by atoms with Gasteiger partial charge in [-0.3, -0.25) is 15.5 Å². The molecule has 1 N–H and O–H groups in total. The second kappa shape index (κ2) is 9.26. The fraction of sp³-hybridized carbons (Fsp3) is 0.235. The summed E-state index contributed by atoms with van der Waals surface area (Å²) in [6.07, 6.45) is 2.13. The van der Waals surface area contributed by atoms with Crippen LogP contribution in [0.1, 0.15) is 18.9 Å². The van der Waals surface area contributed by atoms with Crippen LogP contribution in [0.5, 0.6) is 11.5 Å². The summed E-state index contributed by atoms with van der Waals surface area (Å²) in [6.45, 7) is 2.42. The van der Waals surface area contributed by atoms with Gasteiger partial charge in [0.2, 0.25) is 0 Å². The van der Waals surface area contributed by atoms with Gasteiger partial charge in [-0.2, -0.15) is 5.10 Å². The number of anilines is 1. The molecule has 0 aliphatic heterocycles. The molecule has 0 unspecified atom stereocenters. The lowest BCUT2D eigenvalue weighted by atomic mass is 10.1. The van der Waals surface area contributed by atoms with E-state index in [2.05, 4.69) is 10.5 Å². The Hall–Kier alpha value is -2.51. The molecule has 0 aromatic heterocycles. The Morgan fingerprint density at radius 1 is 1.23 bits per heavy atom. The predicted molar refractivity (Wildman–Crippen MR) is 103 cm³/mol. The largest absolute Gasteiger partial charge is 0.493 e. The highest BCUT2D eigenvalue weighted by molar-refractivity contribution is 6.42. The minimum Gasteiger partial charge on any atom is -0.493 e. The smallest absolute Gasteiger partial charge is 0.282 e. The van der Waals surface area contributed by atoms with E-state index in [1.54, 1.807) is 18.2 Å². The summed E-state index contributed by atoms with van der Waals surface area (Å²) >= 11 is 11.8. The molecule has 0 fully saturated rings. The molecular weight excluding hydrogens is 381 g/mol. The molecule has 0 spiro atoms. The van der Waals surface area contributed by atoms with E-state index < -0.39 is 4.92 Å². The monoisotopic (exact) mass is 397 g/mol. The molecule has 2 aromatic rings. The Kier molecular flexibility index (Phi) is 7.06. The zero-order valence-electron chi connectivity index (χ0n) is 14.2. The first-order valence-corrected chi connectivity index (χ1v) is 8.45. The number of hydrazone groups is 1. The number of hydrogen-bond acceptors (Lipinski definition) is 6. The highest BCUT2D eigenvalue weighted by Crippen LogP contribution is 2.34. The van der Waals surface area contributed by atoms with Crippen molar-refractivity contribution in [3.63, 3.8) is 0 Å². The standard InChI is InChI=1S/C17H17Cl2N3O4/c1-3-6-26-17-7-11(15(22(23)24)9-16(17)25-2)10-20-21-12-4-5-13(18)14(19)8-12/h4-5,7-10,21H,3,6H2,1-2H3. The molecule has 0 aliphatic rings. The number of halogens is 2. The molecule has 2 rings (SSSR count). The molecule has 0 radical (unpaired) electrons. The summed E-state index contributed by atoms with van der Waals surface area (Å²) in [5, 5.41) is 16.1. The Morgan fingerprint density at radius 3 is 2.62 bits per heavy atom. The van der Waals surface area contributed by atoms with E-state index in [9.17, 15) is 10.1 Å². The normalized spacial score (nSPS) is 10.8. The molecule has 26 heavy (non-hydrogen) atoms. The highest BCUT2D eigenvalue weighted by Gasteiger charge is 2.18. The lowest BCUT2D eigenvalue weighted by molar-refractivity contribution is -0.385. The highest BCUT2D eigenvalue weighted by atomic mass is 35.5. The van der Waals surface area contributed by atoms with Crippen molar-refractivity contribution < 1.29 is 14.4 Å². The third-order valence-electron chi connectivity index (χ3n) is 3.29. The lowest BCUT2D eigenvalue weighted by Gasteiger charge is -2.11. The summed E-state index contributed by atoms with van der Waals surface area (Å²) in [5.41, 5.74) is 3.47. The summed E-state index contributed by atoms with van der Waals surface area (Å²) in [7, 11) is 1.43. The molecule has 0 aliphatic carbocycles. The molecular formula is C17H17Cl2N3O4. The van der Waals surface area contributed by atoms with E-state index in [0.717, 1.165) is 6.42 Å². The van der Waals surface area contributed by atoms with E-state index in [1.165, 1.54) is 25.5 Å². The first kappa shape index (κ1) is 19.8. The Balaban J connectivity index is 2.29. The van der Waals surface area contributed by atoms with Gasteiger partial charge in [-0.05, 0) is 30.7 Å². The molecule has 0 saturated carbocycles. The molecule has 0 bridgehead atoms. The molecule has 7 nitrogen and oxygen atoms in total. The summed E-state index contributed by atoms with van der Waals surface area (Å²) < 4.78 is 10.8. The van der Waals surface area contributed by atoms with Crippen molar-refractivity contribution in [2.75, 3.05) is 19.1 Å². The van der Waals surface area contributed by atoms with Gasteiger partial charge in [0.25, 0.3) is 5.69 Å². The van der Waals surface area contributed by atoms with Crippen molar-refractivity contribution in [1.29, 1.82) is 0 Å². The topological polar surface area (TPSA) is 86.0 Å². The maximum Gasteiger partial charge on any atom is 0.282 e. The van der Waals surface area contributed by atoms with E-state index in [1.807, 2.05) is 6.92 Å². The first-order chi connectivity index (χ1) is 12.5. The average molecular weight is 398 g/mol. The number of nitrogens with one attached hydrogen (secondary N) is 1. The quantitative estimate of drug-likeness (QED) is 0.378. The van der Waals surface area contributed by atoms with Crippen LogP contribution in [0.3, 0.4) is 0 Å². The van der Waals surface area contributed by atoms with Crippen molar-refractivity contribution in [3.8, 4) is 11.5 Å². The number of methoxy groups -OCH3 is 1. The number of benzene rings is 2. The van der Waals surface area contributed by atoms with Gasteiger partial charge >= 0.3 is 0 Å². The number of nitrogens with zero attached hydrogens (tertiary/aromatic N) is 2. The van der Waals surface area contributed by atoms with Crippen molar-refractivity contribution >= 4 is 40.8 Å². The van der Waals surface area contributed by atoms with Gasteiger partial charge in [0, 0.05) is 0 Å². The van der Waals surface area contributed by atoms with Crippen molar-refractivity contribution in [2.24, 2.45) is 5.10 Å². The van der Waals surface area contributed by atoms with Gasteiger partial charge in [-0.25, -0.2) is 0 Å². The zero-order chi connectivity index (χ0) is 19.1. The van der Waals surface area contributed by atoms with Crippen molar-refractivity contribution in [3.05, 3.63) is 56.1 Å². The van der Waals surface area contributed by atoms with Crippen LogP contribution >= 0.6 is 23.2 Å². The third-order valence-corrected chi connectivity index (χ3v) is 4.03. The van der Waals surface area contributed by atoms with Gasteiger partial charge in [0.15, 0.2) is 11.5 Å². The molecule has 0 saturated heterocycles. The van der Waals surface area contributed by atoms with Gasteiger partial charge < -0.3 is 9.47 Å². The molecule has 0 atom stereocenters. The third kappa shape index (κ3) is 5.00. The average Bonchev–Trinajstić information content (AvgIpc) is 2.62. The van der Waals surface area contributed by atoms with Crippen LogP contribution in [-0.2, 0) is 0 Å². The van der Waals surface area contributed by atoms with Crippen molar-refractivity contribution in [2.45, 2.75) is 13.3 Å². The van der Waals surface area contributed by atoms with E-state index >= 15 is 0 Å². The molecule has 2 aromatic carbocycles. The fourth-order valence-corrected chi connectivity index (χ4v) is 2.35. The van der Waals surface area contributed by atoms with Gasteiger partial charge in [-0.15, -0.1) is 0 Å². The van der Waals surface area contributed by atoms with Crippen LogP contribution in [0, 0.1) is 10.1 Å². The summed E-state index contributed by atoms with van der Waals surface area (Å²) in [5.74, 6) is 0.704. The van der Waals surface area contributed by atoms with E-state index in [4.69, 9.17) is 32.7 Å². The SMILES string of the molecule is CCCOc1cc(C=NNc2ccc(Cl)c(Cl)c2)c([N+](=O)[O-])cc1OC. The zero-order valence-corrected chi connectivity index (χ0v) is 15.7. The second-order valence-corrected chi connectivity index (χ2v) is 5.98. The Labute approximate surface area is 160 Å². The molecule has 0 heterocycles. The minimum absolute atomic E-state index is 0.148. The Bertz CT molecular complexity index is 828. The fourth-order valence-electron chi connectivity index (χ4n) is 2.05. The number of hydrogen-bond donors (Lipinski definition) is 1. The van der Waals surface area contributed by atoms with Crippen molar-refractivity contribution in [1.82, 2.24) is 0 Å². The molecule has 138 valence electrons. The van der Waals surface area contributed by atoms with Gasteiger partial charge in [0.05, 0.1) is 52.2 Å². The summed E-state index contributed by atoms with van der Waals surface area (Å²) in [4.78, 5) is 10.8. The number of nitro benzene ring substituents is 1. The second-order valence-electron chi connectivity index (χ2n) is 5.17. The van der Waals surface area contributed by atoms with Crippen LogP contribution in [0.4, 0.5) is 11.4 Å². The molecule has 9 heteroatoms. The maximum absolute atomic E-state index is 11.3. The van der Waals surface area contributed by atoms with E-state index in [0.29, 0.717) is 33.8 Å². The van der Waals surface area contributed by atoms with Gasteiger partial charge in [-0.1, -0.05) is 30.1 Å². The lowest BCUT2D eigenvalue weighted by Crippen LogP contribution is -2.02. The number of nitro groups is 1. The number of ether oxygens (including phenoxy) is 2.